The van der Waals surface area contributed by atoms with Gasteiger partial charge in [-0.3, -0.25) is 14.4 Å². The second-order valence-corrected chi connectivity index (χ2v) is 13.0. The van der Waals surface area contributed by atoms with Gasteiger partial charge in [0.15, 0.2) is 6.10 Å². The lowest BCUT2D eigenvalue weighted by Gasteiger charge is -2.33. The van der Waals surface area contributed by atoms with E-state index in [4.69, 9.17) is 11.6 Å². The van der Waals surface area contributed by atoms with Crippen molar-refractivity contribution in [1.29, 1.82) is 0 Å². The smallest absolute Gasteiger partial charge is 0.254 e. The van der Waals surface area contributed by atoms with Crippen LogP contribution in [0.1, 0.15) is 46.5 Å². The normalized spacial score (nSPS) is 17.4. The Hall–Kier alpha value is -3.53. The fourth-order valence-electron chi connectivity index (χ4n) is 5.10. The number of carbonyl (C=O) groups excluding carboxylic acids is 3. The summed E-state index contributed by atoms with van der Waals surface area (Å²) >= 11 is 7.69. The molecule has 4 rings (SSSR count). The van der Waals surface area contributed by atoms with Crippen LogP contribution in [-0.4, -0.2) is 61.6 Å². The summed E-state index contributed by atoms with van der Waals surface area (Å²) in [5, 5.41) is 27.9. The zero-order valence-corrected chi connectivity index (χ0v) is 25.6. The topological polar surface area (TPSA) is 119 Å². The van der Waals surface area contributed by atoms with E-state index in [1.165, 1.54) is 22.7 Å². The Morgan fingerprint density at radius 1 is 1.02 bits per heavy atom. The van der Waals surface area contributed by atoms with E-state index in [1.54, 1.807) is 25.1 Å². The van der Waals surface area contributed by atoms with Crippen molar-refractivity contribution in [3.05, 3.63) is 99.6 Å². The van der Waals surface area contributed by atoms with Crippen LogP contribution in [-0.2, 0) is 22.6 Å². The maximum Gasteiger partial charge on any atom is 0.254 e. The predicted octanol–water partition coefficient (Wildman–Crippen LogP) is 4.36. The highest BCUT2D eigenvalue weighted by atomic mass is 35.5. The quantitative estimate of drug-likeness (QED) is 0.286. The number of aliphatic hydroxyl groups is 1. The summed E-state index contributed by atoms with van der Waals surface area (Å²) in [6.45, 7) is 7.52. The molecule has 10 heteroatoms. The molecule has 1 aliphatic rings. The number of phenolic OH excluding ortho intramolecular Hbond substituents is 1. The van der Waals surface area contributed by atoms with Gasteiger partial charge < -0.3 is 25.7 Å². The maximum absolute atomic E-state index is 13.9. The SMILES string of the molecule is Cc1c(Cl)cccc1CNC(=O)C1N(C(=O)[C@@H](O)[C@H](Cc2ccccc2)NC(=O)c2cccc(O)c2C)CSC1(C)C. The minimum absolute atomic E-state index is 0.0305. The molecule has 0 aliphatic carbocycles. The number of nitrogens with zero attached hydrogens (tertiary/aromatic N) is 1. The van der Waals surface area contributed by atoms with Gasteiger partial charge in [-0.2, -0.15) is 0 Å². The van der Waals surface area contributed by atoms with Gasteiger partial charge in [0.25, 0.3) is 11.8 Å². The van der Waals surface area contributed by atoms with Crippen molar-refractivity contribution in [3.63, 3.8) is 0 Å². The van der Waals surface area contributed by atoms with Crippen LogP contribution < -0.4 is 10.6 Å². The van der Waals surface area contributed by atoms with Crippen molar-refractivity contribution < 1.29 is 24.6 Å². The average molecular weight is 610 g/mol. The van der Waals surface area contributed by atoms with E-state index < -0.39 is 34.7 Å². The first-order valence-corrected chi connectivity index (χ1v) is 15.0. The number of hydrogen-bond acceptors (Lipinski definition) is 6. The van der Waals surface area contributed by atoms with Crippen LogP contribution in [0, 0.1) is 13.8 Å². The predicted molar refractivity (Wildman–Crippen MR) is 165 cm³/mol. The lowest BCUT2D eigenvalue weighted by Crippen LogP contribution is -2.58. The molecule has 3 aromatic carbocycles. The summed E-state index contributed by atoms with van der Waals surface area (Å²) in [5.74, 6) is -1.35. The number of aliphatic hydroxyl groups excluding tert-OH is 1. The first-order chi connectivity index (χ1) is 19.9. The number of hydrogen-bond donors (Lipinski definition) is 4. The van der Waals surface area contributed by atoms with Crippen LogP contribution in [0.4, 0.5) is 0 Å². The minimum atomic E-state index is -1.63. The van der Waals surface area contributed by atoms with Gasteiger partial charge in [-0.1, -0.05) is 60.1 Å². The first-order valence-electron chi connectivity index (χ1n) is 13.7. The Balaban J connectivity index is 1.56. The summed E-state index contributed by atoms with van der Waals surface area (Å²) in [7, 11) is 0. The van der Waals surface area contributed by atoms with Crippen molar-refractivity contribution in [2.75, 3.05) is 5.88 Å². The van der Waals surface area contributed by atoms with Crippen molar-refractivity contribution in [2.45, 2.75) is 63.6 Å². The third kappa shape index (κ3) is 6.91. The Morgan fingerprint density at radius 3 is 2.43 bits per heavy atom. The highest BCUT2D eigenvalue weighted by molar-refractivity contribution is 8.00. The van der Waals surface area contributed by atoms with E-state index in [2.05, 4.69) is 10.6 Å². The van der Waals surface area contributed by atoms with Crippen LogP contribution >= 0.6 is 23.4 Å². The first kappa shape index (κ1) is 31.4. The highest BCUT2D eigenvalue weighted by Gasteiger charge is 2.49. The standard InChI is InChI=1S/C32H36ClN3O5S/c1-19-22(12-8-14-24(19)33)17-34-30(40)28-32(3,4)42-18-36(28)31(41)27(38)25(16-21-10-6-5-7-11-21)35-29(39)23-13-9-15-26(37)20(23)2/h5-15,25,27-28,37-38H,16-18H2,1-4H3,(H,34,40)(H,35,39)/t25-,27-,28?/m0/s1. The maximum atomic E-state index is 13.9. The molecule has 8 nitrogen and oxygen atoms in total. The van der Waals surface area contributed by atoms with Crippen LogP contribution in [0.5, 0.6) is 5.75 Å². The molecular weight excluding hydrogens is 574 g/mol. The number of nitrogens with one attached hydrogen (secondary N) is 2. The second kappa shape index (κ2) is 13.2. The van der Waals surface area contributed by atoms with Gasteiger partial charge in [0.2, 0.25) is 5.91 Å². The Kier molecular flexibility index (Phi) is 9.86. The molecule has 1 saturated heterocycles. The molecule has 4 N–H and O–H groups in total. The van der Waals surface area contributed by atoms with Gasteiger partial charge >= 0.3 is 0 Å². The minimum Gasteiger partial charge on any atom is -0.508 e. The number of thioether (sulfide) groups is 1. The molecule has 0 saturated carbocycles. The molecule has 0 bridgehead atoms. The lowest BCUT2D eigenvalue weighted by molar-refractivity contribution is -0.147. The van der Waals surface area contributed by atoms with Crippen molar-refractivity contribution in [2.24, 2.45) is 0 Å². The van der Waals surface area contributed by atoms with Gasteiger partial charge in [-0.25, -0.2) is 0 Å². The number of aromatic hydroxyl groups is 1. The number of amides is 3. The molecule has 1 unspecified atom stereocenters. The summed E-state index contributed by atoms with van der Waals surface area (Å²) in [6.07, 6.45) is -1.46. The molecule has 0 radical (unpaired) electrons. The molecule has 3 amide bonds. The van der Waals surface area contributed by atoms with Crippen LogP contribution in [0.2, 0.25) is 5.02 Å². The van der Waals surface area contributed by atoms with Gasteiger partial charge in [0.1, 0.15) is 11.8 Å². The number of benzene rings is 3. The third-order valence-electron chi connectivity index (χ3n) is 7.71. The van der Waals surface area contributed by atoms with E-state index in [1.807, 2.05) is 63.2 Å². The molecule has 0 spiro atoms. The molecule has 1 heterocycles. The van der Waals surface area contributed by atoms with Gasteiger partial charge in [-0.15, -0.1) is 11.8 Å². The van der Waals surface area contributed by atoms with Gasteiger partial charge in [0, 0.05) is 27.4 Å². The molecule has 42 heavy (non-hydrogen) atoms. The van der Waals surface area contributed by atoms with Crippen LogP contribution in [0.25, 0.3) is 0 Å². The zero-order chi connectivity index (χ0) is 30.6. The fraction of sp³-hybridized carbons (Fsp3) is 0.344. The monoisotopic (exact) mass is 609 g/mol. The molecule has 3 aromatic rings. The van der Waals surface area contributed by atoms with Crippen LogP contribution in [0.15, 0.2) is 66.7 Å². The van der Waals surface area contributed by atoms with E-state index in [0.717, 1.165) is 16.7 Å². The molecule has 1 fully saturated rings. The van der Waals surface area contributed by atoms with Crippen molar-refractivity contribution >= 4 is 41.1 Å². The van der Waals surface area contributed by atoms with Crippen LogP contribution in [0.3, 0.4) is 0 Å². The average Bonchev–Trinajstić information content (AvgIpc) is 3.29. The molecule has 3 atom stereocenters. The Labute approximate surface area is 255 Å². The summed E-state index contributed by atoms with van der Waals surface area (Å²) in [6, 6.07) is 17.5. The highest BCUT2D eigenvalue weighted by Crippen LogP contribution is 2.40. The number of phenols is 1. The van der Waals surface area contributed by atoms with E-state index in [9.17, 15) is 24.6 Å². The Bertz CT molecular complexity index is 1470. The zero-order valence-electron chi connectivity index (χ0n) is 24.1. The van der Waals surface area contributed by atoms with E-state index in [-0.39, 0.29) is 36.1 Å². The van der Waals surface area contributed by atoms with Crippen molar-refractivity contribution in [1.82, 2.24) is 15.5 Å². The third-order valence-corrected chi connectivity index (χ3v) is 9.49. The summed E-state index contributed by atoms with van der Waals surface area (Å²) in [4.78, 5) is 42.1. The molecular formula is C32H36ClN3O5S. The second-order valence-electron chi connectivity index (χ2n) is 11.0. The number of carbonyl (C=O) groups is 3. The largest absolute Gasteiger partial charge is 0.508 e. The van der Waals surface area contributed by atoms with E-state index in [0.29, 0.717) is 10.6 Å². The number of rotatable bonds is 9. The van der Waals surface area contributed by atoms with Crippen molar-refractivity contribution in [3.8, 4) is 5.75 Å². The Morgan fingerprint density at radius 2 is 1.71 bits per heavy atom. The summed E-state index contributed by atoms with van der Waals surface area (Å²) < 4.78 is -0.625. The molecule has 222 valence electrons. The fourth-order valence-corrected chi connectivity index (χ4v) is 6.44. The lowest BCUT2D eigenvalue weighted by atomic mass is 9.96. The number of halogens is 1. The van der Waals surface area contributed by atoms with Gasteiger partial charge in [0.05, 0.1) is 11.9 Å². The molecule has 1 aliphatic heterocycles. The van der Waals surface area contributed by atoms with Gasteiger partial charge in [-0.05, 0) is 69.0 Å². The summed E-state index contributed by atoms with van der Waals surface area (Å²) in [5.41, 5.74) is 3.16. The molecule has 0 aromatic heterocycles. The van der Waals surface area contributed by atoms with E-state index >= 15 is 0 Å².